The molecule has 0 atom stereocenters. The average Bonchev–Trinajstić information content (AvgIpc) is 3.23. The van der Waals surface area contributed by atoms with E-state index in [4.69, 9.17) is 0 Å². The maximum atomic E-state index is 2.33. The smallest absolute Gasteiger partial charge is 0.0462 e. The predicted octanol–water partition coefficient (Wildman–Crippen LogP) is 14.8. The first-order chi connectivity index (χ1) is 26.2. The third-order valence-corrected chi connectivity index (χ3v) is 10.5. The molecule has 248 valence electrons. The topological polar surface area (TPSA) is 3.24 Å². The van der Waals surface area contributed by atoms with Crippen LogP contribution < -0.4 is 4.90 Å². The van der Waals surface area contributed by atoms with Gasteiger partial charge in [-0.3, -0.25) is 0 Å². The zero-order valence-electron chi connectivity index (χ0n) is 29.2. The van der Waals surface area contributed by atoms with Crippen molar-refractivity contribution in [3.05, 3.63) is 212 Å². The monoisotopic (exact) mass is 673 g/mol. The number of hydrogen-bond acceptors (Lipinski definition) is 1. The zero-order valence-corrected chi connectivity index (χ0v) is 29.2. The number of benzene rings is 10. The van der Waals surface area contributed by atoms with Gasteiger partial charge < -0.3 is 4.90 Å². The summed E-state index contributed by atoms with van der Waals surface area (Å²) in [6, 6.07) is 77.2. The van der Waals surface area contributed by atoms with Crippen molar-refractivity contribution in [1.82, 2.24) is 0 Å². The van der Waals surface area contributed by atoms with Gasteiger partial charge in [-0.05, 0) is 155 Å². The largest absolute Gasteiger partial charge is 0.311 e. The number of nitrogens with zero attached hydrogens (tertiary/aromatic N) is 1. The van der Waals surface area contributed by atoms with Crippen molar-refractivity contribution in [2.45, 2.75) is 0 Å². The highest BCUT2D eigenvalue weighted by Gasteiger charge is 2.12. The molecule has 0 unspecified atom stereocenters. The van der Waals surface area contributed by atoms with Crippen LogP contribution in [0.4, 0.5) is 17.1 Å². The normalized spacial score (nSPS) is 11.4. The Bertz CT molecular complexity index is 2870. The molecule has 10 aromatic carbocycles. The summed E-state index contributed by atoms with van der Waals surface area (Å²) in [6.45, 7) is 0. The predicted molar refractivity (Wildman–Crippen MR) is 227 cm³/mol. The fourth-order valence-electron chi connectivity index (χ4n) is 7.74. The fourth-order valence-corrected chi connectivity index (χ4v) is 7.74. The van der Waals surface area contributed by atoms with Crippen LogP contribution in [0, 0.1) is 0 Å². The van der Waals surface area contributed by atoms with Crippen LogP contribution in [0.15, 0.2) is 212 Å². The molecule has 0 bridgehead atoms. The summed E-state index contributed by atoms with van der Waals surface area (Å²) in [4.78, 5) is 2.30. The van der Waals surface area contributed by atoms with Gasteiger partial charge in [0.25, 0.3) is 0 Å². The molecule has 0 amide bonds. The minimum Gasteiger partial charge on any atom is -0.311 e. The van der Waals surface area contributed by atoms with Gasteiger partial charge in [-0.25, -0.2) is 0 Å². The maximum absolute atomic E-state index is 2.33. The third kappa shape index (κ3) is 5.89. The van der Waals surface area contributed by atoms with Gasteiger partial charge in [-0.2, -0.15) is 0 Å². The molecule has 0 aromatic heterocycles. The van der Waals surface area contributed by atoms with Crippen LogP contribution in [0.1, 0.15) is 0 Å². The molecule has 0 saturated heterocycles. The Morgan fingerprint density at radius 3 is 0.868 bits per heavy atom. The van der Waals surface area contributed by atoms with Crippen LogP contribution in [0.2, 0.25) is 0 Å². The van der Waals surface area contributed by atoms with Crippen molar-refractivity contribution < 1.29 is 0 Å². The highest BCUT2D eigenvalue weighted by Crippen LogP contribution is 2.37. The van der Waals surface area contributed by atoms with E-state index in [1.807, 2.05) is 0 Å². The van der Waals surface area contributed by atoms with Crippen LogP contribution in [0.3, 0.4) is 0 Å². The lowest BCUT2D eigenvalue weighted by molar-refractivity contribution is 1.28. The molecule has 53 heavy (non-hydrogen) atoms. The quantitative estimate of drug-likeness (QED) is 0.159. The second-order valence-electron chi connectivity index (χ2n) is 13.9. The maximum Gasteiger partial charge on any atom is 0.0462 e. The average molecular weight is 674 g/mol. The summed E-state index contributed by atoms with van der Waals surface area (Å²) in [6.07, 6.45) is 0. The van der Waals surface area contributed by atoms with E-state index in [-0.39, 0.29) is 0 Å². The summed E-state index contributed by atoms with van der Waals surface area (Å²) < 4.78 is 0. The second-order valence-corrected chi connectivity index (χ2v) is 13.9. The van der Waals surface area contributed by atoms with Crippen LogP contribution in [-0.4, -0.2) is 0 Å². The Labute approximate surface area is 309 Å². The summed E-state index contributed by atoms with van der Waals surface area (Å²) in [5.41, 5.74) is 10.7. The van der Waals surface area contributed by atoms with Gasteiger partial charge in [0.2, 0.25) is 0 Å². The first kappa shape index (κ1) is 30.8. The van der Waals surface area contributed by atoms with Crippen molar-refractivity contribution in [3.63, 3.8) is 0 Å². The first-order valence-corrected chi connectivity index (χ1v) is 18.2. The molecule has 0 fully saturated rings. The van der Waals surface area contributed by atoms with E-state index in [9.17, 15) is 0 Å². The summed E-state index contributed by atoms with van der Waals surface area (Å²) in [5, 5.41) is 10.1. The molecule has 0 saturated carbocycles. The molecule has 10 aromatic rings. The minimum atomic E-state index is 1.13. The molecule has 1 nitrogen and oxygen atoms in total. The minimum absolute atomic E-state index is 1.13. The van der Waals surface area contributed by atoms with Crippen LogP contribution in [-0.2, 0) is 0 Å². The Morgan fingerprint density at radius 1 is 0.189 bits per heavy atom. The summed E-state index contributed by atoms with van der Waals surface area (Å²) in [7, 11) is 0. The Kier molecular flexibility index (Phi) is 7.55. The van der Waals surface area contributed by atoms with Crippen molar-refractivity contribution >= 4 is 60.2 Å². The molecule has 0 aliphatic carbocycles. The van der Waals surface area contributed by atoms with Crippen LogP contribution in [0.5, 0.6) is 0 Å². The van der Waals surface area contributed by atoms with Crippen LogP contribution >= 0.6 is 0 Å². The van der Waals surface area contributed by atoms with E-state index in [0.29, 0.717) is 0 Å². The lowest BCUT2D eigenvalue weighted by Crippen LogP contribution is -2.09. The number of anilines is 3. The molecule has 0 aliphatic rings. The standard InChI is InChI=1S/C52H35N/c1-3-11-50(12-4-1)53(51-13-5-2-6-14-51)52-27-25-38(26-28-52)43-21-24-46-34-48-32-42(20-23-45(48)35-49(46)33-43)37-17-15-36(16-18-37)41-19-22-44-29-39-9-7-8-10-40(39)30-47(44)31-41/h1-35H. The Balaban J connectivity index is 0.916. The number of para-hydroxylation sites is 2. The summed E-state index contributed by atoms with van der Waals surface area (Å²) in [5.74, 6) is 0. The van der Waals surface area contributed by atoms with Gasteiger partial charge in [0.15, 0.2) is 0 Å². The second kappa shape index (κ2) is 13.0. The zero-order chi connectivity index (χ0) is 35.1. The molecule has 0 aliphatic heterocycles. The van der Waals surface area contributed by atoms with Gasteiger partial charge in [-0.1, -0.05) is 133 Å². The third-order valence-electron chi connectivity index (χ3n) is 10.5. The molecule has 0 radical (unpaired) electrons. The highest BCUT2D eigenvalue weighted by atomic mass is 15.1. The number of rotatable bonds is 6. The Morgan fingerprint density at radius 2 is 0.472 bits per heavy atom. The van der Waals surface area contributed by atoms with E-state index in [1.54, 1.807) is 0 Å². The molecule has 10 rings (SSSR count). The molecule has 0 N–H and O–H groups in total. The van der Waals surface area contributed by atoms with Gasteiger partial charge in [0.1, 0.15) is 0 Å². The van der Waals surface area contributed by atoms with E-state index >= 15 is 0 Å². The lowest BCUT2D eigenvalue weighted by atomic mass is 9.95. The van der Waals surface area contributed by atoms with Gasteiger partial charge >= 0.3 is 0 Å². The van der Waals surface area contributed by atoms with E-state index in [0.717, 1.165) is 17.1 Å². The van der Waals surface area contributed by atoms with Crippen molar-refractivity contribution in [1.29, 1.82) is 0 Å². The molecular formula is C52H35N. The lowest BCUT2D eigenvalue weighted by Gasteiger charge is -2.25. The van der Waals surface area contributed by atoms with Crippen molar-refractivity contribution in [3.8, 4) is 33.4 Å². The molecule has 0 spiro atoms. The summed E-state index contributed by atoms with van der Waals surface area (Å²) >= 11 is 0. The highest BCUT2D eigenvalue weighted by molar-refractivity contribution is 6.02. The van der Waals surface area contributed by atoms with Crippen LogP contribution in [0.25, 0.3) is 76.5 Å². The number of hydrogen-bond donors (Lipinski definition) is 0. The Hall–Kier alpha value is -6.96. The van der Waals surface area contributed by atoms with Gasteiger partial charge in [0, 0.05) is 17.1 Å². The van der Waals surface area contributed by atoms with E-state index < -0.39 is 0 Å². The first-order valence-electron chi connectivity index (χ1n) is 18.2. The SMILES string of the molecule is c1ccc(N(c2ccccc2)c2ccc(-c3ccc4cc5cc(-c6ccc(-c7ccc8cc9ccccc9cc8c7)cc6)ccc5cc4c3)cc2)cc1. The van der Waals surface area contributed by atoms with E-state index in [1.165, 1.54) is 76.5 Å². The van der Waals surface area contributed by atoms with Gasteiger partial charge in [0.05, 0.1) is 0 Å². The fraction of sp³-hybridized carbons (Fsp3) is 0. The molecule has 1 heteroatoms. The van der Waals surface area contributed by atoms with Crippen molar-refractivity contribution in [2.24, 2.45) is 0 Å². The van der Waals surface area contributed by atoms with Crippen molar-refractivity contribution in [2.75, 3.05) is 4.90 Å². The molecular weight excluding hydrogens is 639 g/mol. The molecule has 0 heterocycles. The number of fused-ring (bicyclic) bond motifs is 4. The van der Waals surface area contributed by atoms with E-state index in [2.05, 4.69) is 217 Å². The van der Waals surface area contributed by atoms with Gasteiger partial charge in [-0.15, -0.1) is 0 Å².